The van der Waals surface area contributed by atoms with Gasteiger partial charge in [0.1, 0.15) is 5.75 Å². The number of aromatic amines is 1. The van der Waals surface area contributed by atoms with E-state index < -0.39 is 0 Å². The van der Waals surface area contributed by atoms with Crippen LogP contribution in [0.5, 0.6) is 5.75 Å². The van der Waals surface area contributed by atoms with E-state index in [0.717, 1.165) is 17.8 Å². The molecule has 96 valence electrons. The molecule has 0 radical (unpaired) electrons. The molecule has 1 aliphatic heterocycles. The number of hydrogen-bond acceptors (Lipinski definition) is 2. The Morgan fingerprint density at radius 2 is 2.22 bits per heavy atom. The molecule has 3 nitrogen and oxygen atoms in total. The molecular formula is C14H17ClN2O. The highest BCUT2D eigenvalue weighted by molar-refractivity contribution is 6.32. The van der Waals surface area contributed by atoms with E-state index in [0.29, 0.717) is 11.1 Å². The van der Waals surface area contributed by atoms with Gasteiger partial charge in [-0.25, -0.2) is 0 Å². The summed E-state index contributed by atoms with van der Waals surface area (Å²) in [5, 5.41) is 5.37. The molecule has 3 rings (SSSR count). The number of fused-ring (bicyclic) bond motifs is 1. The lowest BCUT2D eigenvalue weighted by Crippen LogP contribution is -2.13. The molecule has 1 atom stereocenters. The van der Waals surface area contributed by atoms with Gasteiger partial charge in [0, 0.05) is 22.6 Å². The van der Waals surface area contributed by atoms with Crippen LogP contribution in [0.2, 0.25) is 5.02 Å². The number of nitrogens with one attached hydrogen (secondary N) is 2. The number of ether oxygens (including phenoxy) is 1. The van der Waals surface area contributed by atoms with Gasteiger partial charge in [-0.15, -0.1) is 0 Å². The molecule has 0 spiro atoms. The van der Waals surface area contributed by atoms with Gasteiger partial charge in [-0.3, -0.25) is 0 Å². The summed E-state index contributed by atoms with van der Waals surface area (Å²) in [4.78, 5) is 3.50. The zero-order chi connectivity index (χ0) is 12.7. The molecule has 1 saturated heterocycles. The van der Waals surface area contributed by atoms with Crippen molar-refractivity contribution in [2.45, 2.75) is 25.8 Å². The summed E-state index contributed by atoms with van der Waals surface area (Å²) in [5.41, 5.74) is 3.66. The lowest BCUT2D eigenvalue weighted by atomic mass is 10.1. The maximum absolute atomic E-state index is 6.16. The smallest absolute Gasteiger partial charge is 0.138 e. The summed E-state index contributed by atoms with van der Waals surface area (Å²) in [7, 11) is 1.65. The number of aryl methyl sites for hydroxylation is 1. The van der Waals surface area contributed by atoms with Crippen molar-refractivity contribution in [3.63, 3.8) is 0 Å². The van der Waals surface area contributed by atoms with E-state index in [1.165, 1.54) is 29.5 Å². The molecule has 1 unspecified atom stereocenters. The Hall–Kier alpha value is -1.19. The van der Waals surface area contributed by atoms with Gasteiger partial charge in [-0.2, -0.15) is 0 Å². The first kappa shape index (κ1) is 11.9. The van der Waals surface area contributed by atoms with E-state index in [2.05, 4.69) is 17.2 Å². The fourth-order valence-corrected chi connectivity index (χ4v) is 3.03. The normalized spacial score (nSPS) is 19.6. The molecule has 1 aliphatic rings. The number of halogens is 1. The quantitative estimate of drug-likeness (QED) is 0.870. The highest BCUT2D eigenvalue weighted by Crippen LogP contribution is 2.35. The second-order valence-electron chi connectivity index (χ2n) is 4.84. The number of rotatable bonds is 2. The maximum Gasteiger partial charge on any atom is 0.138 e. The van der Waals surface area contributed by atoms with Crippen LogP contribution in [-0.4, -0.2) is 18.6 Å². The van der Waals surface area contributed by atoms with Crippen LogP contribution in [0, 0.1) is 6.92 Å². The summed E-state index contributed by atoms with van der Waals surface area (Å²) in [6, 6.07) is 4.41. The van der Waals surface area contributed by atoms with Gasteiger partial charge in [-0.05, 0) is 44.0 Å². The fourth-order valence-electron chi connectivity index (χ4n) is 2.79. The minimum atomic E-state index is 0.446. The van der Waals surface area contributed by atoms with Gasteiger partial charge in [-0.1, -0.05) is 11.6 Å². The third kappa shape index (κ3) is 1.78. The topological polar surface area (TPSA) is 37.0 Å². The van der Waals surface area contributed by atoms with Gasteiger partial charge in [0.25, 0.3) is 0 Å². The van der Waals surface area contributed by atoms with Crippen molar-refractivity contribution in [1.29, 1.82) is 0 Å². The number of H-pyrrole nitrogens is 1. The van der Waals surface area contributed by atoms with Crippen molar-refractivity contribution >= 4 is 22.5 Å². The average molecular weight is 265 g/mol. The van der Waals surface area contributed by atoms with Gasteiger partial charge in [0.15, 0.2) is 0 Å². The zero-order valence-corrected chi connectivity index (χ0v) is 11.4. The Kier molecular flexibility index (Phi) is 2.96. The molecule has 18 heavy (non-hydrogen) atoms. The second kappa shape index (κ2) is 4.48. The van der Waals surface area contributed by atoms with Crippen molar-refractivity contribution in [2.75, 3.05) is 13.7 Å². The van der Waals surface area contributed by atoms with Crippen LogP contribution in [0.1, 0.15) is 30.1 Å². The molecule has 0 aliphatic carbocycles. The first-order valence-corrected chi connectivity index (χ1v) is 6.67. The fraction of sp³-hybridized carbons (Fsp3) is 0.429. The first-order chi connectivity index (χ1) is 8.70. The largest absolute Gasteiger partial charge is 0.495 e. The average Bonchev–Trinajstić information content (AvgIpc) is 2.97. The van der Waals surface area contributed by atoms with Gasteiger partial charge in [0.2, 0.25) is 0 Å². The van der Waals surface area contributed by atoms with Gasteiger partial charge < -0.3 is 15.0 Å². The summed E-state index contributed by atoms with van der Waals surface area (Å²) < 4.78 is 5.28. The molecule has 1 aromatic carbocycles. The molecule has 1 fully saturated rings. The second-order valence-corrected chi connectivity index (χ2v) is 5.25. The molecular weight excluding hydrogens is 248 g/mol. The predicted molar refractivity (Wildman–Crippen MR) is 74.6 cm³/mol. The molecule has 4 heteroatoms. The third-order valence-corrected chi connectivity index (χ3v) is 4.07. The van der Waals surface area contributed by atoms with E-state index in [-0.39, 0.29) is 0 Å². The van der Waals surface area contributed by atoms with Gasteiger partial charge >= 0.3 is 0 Å². The number of aromatic nitrogens is 1. The van der Waals surface area contributed by atoms with Crippen LogP contribution in [0.15, 0.2) is 12.1 Å². The standard InChI is InChI=1S/C14H17ClN2O/c1-8-9-6-13(18-2)10(15)7-12(9)17-14(8)11-4-3-5-16-11/h6-7,11,16-17H,3-5H2,1-2H3. The van der Waals surface area contributed by atoms with E-state index >= 15 is 0 Å². The van der Waals surface area contributed by atoms with Gasteiger partial charge in [0.05, 0.1) is 12.1 Å². The molecule has 0 bridgehead atoms. The van der Waals surface area contributed by atoms with Crippen molar-refractivity contribution in [1.82, 2.24) is 10.3 Å². The van der Waals surface area contributed by atoms with E-state index in [4.69, 9.17) is 16.3 Å². The number of methoxy groups -OCH3 is 1. The Labute approximate surface area is 111 Å². The molecule has 0 amide bonds. The van der Waals surface area contributed by atoms with Crippen molar-refractivity contribution in [3.05, 3.63) is 28.4 Å². The lowest BCUT2D eigenvalue weighted by Gasteiger charge is -2.09. The zero-order valence-electron chi connectivity index (χ0n) is 10.6. The van der Waals surface area contributed by atoms with Crippen LogP contribution in [-0.2, 0) is 0 Å². The van der Waals surface area contributed by atoms with Crippen LogP contribution in [0.25, 0.3) is 10.9 Å². The van der Waals surface area contributed by atoms with E-state index in [9.17, 15) is 0 Å². The molecule has 0 saturated carbocycles. The van der Waals surface area contributed by atoms with Crippen molar-refractivity contribution in [2.24, 2.45) is 0 Å². The Balaban J connectivity index is 2.15. The molecule has 1 aromatic heterocycles. The summed E-state index contributed by atoms with van der Waals surface area (Å²) in [5.74, 6) is 0.734. The van der Waals surface area contributed by atoms with Crippen LogP contribution in [0.3, 0.4) is 0 Å². The SMILES string of the molecule is COc1cc2c(C)c(C3CCCN3)[nH]c2cc1Cl. The molecule has 2 aromatic rings. The third-order valence-electron chi connectivity index (χ3n) is 3.78. The Bertz CT molecular complexity index is 585. The Morgan fingerprint density at radius 3 is 2.89 bits per heavy atom. The molecule has 2 heterocycles. The van der Waals surface area contributed by atoms with Crippen LogP contribution in [0.4, 0.5) is 0 Å². The number of benzene rings is 1. The summed E-state index contributed by atoms with van der Waals surface area (Å²) in [6.45, 7) is 3.26. The predicted octanol–water partition coefficient (Wildman–Crippen LogP) is 3.56. The maximum atomic E-state index is 6.16. The lowest BCUT2D eigenvalue weighted by molar-refractivity contribution is 0.415. The van der Waals surface area contributed by atoms with Crippen LogP contribution < -0.4 is 10.1 Å². The number of hydrogen-bond donors (Lipinski definition) is 2. The summed E-state index contributed by atoms with van der Waals surface area (Å²) >= 11 is 6.16. The first-order valence-electron chi connectivity index (χ1n) is 6.30. The van der Waals surface area contributed by atoms with Crippen LogP contribution >= 0.6 is 11.6 Å². The minimum absolute atomic E-state index is 0.446. The van der Waals surface area contributed by atoms with E-state index in [1.807, 2.05) is 12.1 Å². The molecule has 2 N–H and O–H groups in total. The van der Waals surface area contributed by atoms with E-state index in [1.54, 1.807) is 7.11 Å². The van der Waals surface area contributed by atoms with Crippen molar-refractivity contribution in [3.8, 4) is 5.75 Å². The summed E-state index contributed by atoms with van der Waals surface area (Å²) in [6.07, 6.45) is 2.43. The monoisotopic (exact) mass is 264 g/mol. The Morgan fingerprint density at radius 1 is 1.39 bits per heavy atom. The highest BCUT2D eigenvalue weighted by Gasteiger charge is 2.21. The highest BCUT2D eigenvalue weighted by atomic mass is 35.5. The minimum Gasteiger partial charge on any atom is -0.495 e. The van der Waals surface area contributed by atoms with Crippen molar-refractivity contribution < 1.29 is 4.74 Å².